The number of hydrogen-bond donors (Lipinski definition) is 1. The average Bonchev–Trinajstić information content (AvgIpc) is 2.83. The van der Waals surface area contributed by atoms with Crippen LogP contribution in [0.2, 0.25) is 0 Å². The molecule has 1 N–H and O–H groups in total. The van der Waals surface area contributed by atoms with E-state index in [1.54, 1.807) is 36.0 Å². The lowest BCUT2D eigenvalue weighted by Crippen LogP contribution is -2.13. The number of nitrogens with one attached hydrogen (secondary N) is 1. The fraction of sp³-hybridized carbons (Fsp3) is 0.133. The van der Waals surface area contributed by atoms with Crippen LogP contribution in [0.3, 0.4) is 0 Å². The van der Waals surface area contributed by atoms with Gasteiger partial charge >= 0.3 is 0 Å². The van der Waals surface area contributed by atoms with Crippen molar-refractivity contribution in [3.05, 3.63) is 47.1 Å². The minimum atomic E-state index is -3.70. The zero-order chi connectivity index (χ0) is 16.6. The second-order valence-electron chi connectivity index (χ2n) is 4.90. The first-order valence-electron chi connectivity index (χ1n) is 6.70. The second kappa shape index (κ2) is 5.86. The third kappa shape index (κ3) is 2.91. The van der Waals surface area contributed by atoms with Gasteiger partial charge in [0.1, 0.15) is 10.4 Å². The maximum atomic E-state index is 12.6. The molecule has 8 heteroatoms. The van der Waals surface area contributed by atoms with Gasteiger partial charge in [-0.2, -0.15) is 5.10 Å². The average molecular weight is 396 g/mol. The third-order valence-corrected chi connectivity index (χ3v) is 5.40. The van der Waals surface area contributed by atoms with Crippen molar-refractivity contribution in [3.8, 4) is 5.75 Å². The Morgan fingerprint density at radius 3 is 2.52 bits per heavy atom. The summed E-state index contributed by atoms with van der Waals surface area (Å²) in [5, 5.41) is 5.09. The fourth-order valence-electron chi connectivity index (χ4n) is 2.34. The van der Waals surface area contributed by atoms with Crippen LogP contribution >= 0.6 is 15.9 Å². The quantitative estimate of drug-likeness (QED) is 0.736. The predicted octanol–water partition coefficient (Wildman–Crippen LogP) is 3.15. The van der Waals surface area contributed by atoms with Gasteiger partial charge in [0.2, 0.25) is 0 Å². The number of hydrogen-bond acceptors (Lipinski definition) is 4. The number of nitrogens with zero attached hydrogens (tertiary/aromatic N) is 2. The molecule has 6 nitrogen and oxygen atoms in total. The van der Waals surface area contributed by atoms with E-state index in [9.17, 15) is 8.42 Å². The van der Waals surface area contributed by atoms with Gasteiger partial charge in [-0.15, -0.1) is 0 Å². The summed E-state index contributed by atoms with van der Waals surface area (Å²) < 4.78 is 35.1. The molecule has 2 aromatic carbocycles. The van der Waals surface area contributed by atoms with Crippen molar-refractivity contribution in [2.24, 2.45) is 7.05 Å². The van der Waals surface area contributed by atoms with Gasteiger partial charge in [-0.25, -0.2) is 8.42 Å². The van der Waals surface area contributed by atoms with E-state index in [-0.39, 0.29) is 4.90 Å². The van der Waals surface area contributed by atoms with Crippen LogP contribution < -0.4 is 9.46 Å². The first kappa shape index (κ1) is 15.8. The smallest absolute Gasteiger partial charge is 0.261 e. The van der Waals surface area contributed by atoms with E-state index < -0.39 is 10.0 Å². The molecule has 0 radical (unpaired) electrons. The maximum absolute atomic E-state index is 12.6. The van der Waals surface area contributed by atoms with Crippen LogP contribution in [0.15, 0.2) is 52.0 Å². The number of aryl methyl sites for hydroxylation is 1. The summed E-state index contributed by atoms with van der Waals surface area (Å²) in [7, 11) is -0.407. The molecule has 0 atom stereocenters. The Morgan fingerprint density at radius 2 is 1.87 bits per heavy atom. The van der Waals surface area contributed by atoms with Crippen molar-refractivity contribution in [3.63, 3.8) is 0 Å². The highest BCUT2D eigenvalue weighted by Gasteiger charge is 2.18. The highest BCUT2D eigenvalue weighted by Crippen LogP contribution is 2.30. The van der Waals surface area contributed by atoms with E-state index in [0.29, 0.717) is 21.6 Å². The predicted molar refractivity (Wildman–Crippen MR) is 92.2 cm³/mol. The van der Waals surface area contributed by atoms with Gasteiger partial charge in [0.25, 0.3) is 10.0 Å². The largest absolute Gasteiger partial charge is 0.497 e. The zero-order valence-corrected chi connectivity index (χ0v) is 14.8. The summed E-state index contributed by atoms with van der Waals surface area (Å²) in [6.07, 6.45) is 0. The zero-order valence-electron chi connectivity index (χ0n) is 12.4. The summed E-state index contributed by atoms with van der Waals surface area (Å²) >= 11 is 3.37. The van der Waals surface area contributed by atoms with E-state index in [1.165, 1.54) is 19.2 Å². The number of rotatable bonds is 4. The fourth-order valence-corrected chi connectivity index (χ4v) is 3.96. The Hall–Kier alpha value is -2.06. The van der Waals surface area contributed by atoms with Crippen LogP contribution in [0.5, 0.6) is 5.75 Å². The number of fused-ring (bicyclic) bond motifs is 1. The van der Waals surface area contributed by atoms with Gasteiger partial charge in [-0.3, -0.25) is 9.40 Å². The maximum Gasteiger partial charge on any atom is 0.261 e. The van der Waals surface area contributed by atoms with Gasteiger partial charge in [0.15, 0.2) is 0 Å². The van der Waals surface area contributed by atoms with E-state index in [1.807, 2.05) is 6.07 Å². The first-order chi connectivity index (χ1) is 10.9. The first-order valence-corrected chi connectivity index (χ1v) is 8.98. The molecule has 0 amide bonds. The number of halogens is 1. The Balaban J connectivity index is 2.03. The molecule has 3 aromatic rings. The Labute approximate surface area is 142 Å². The Bertz CT molecular complexity index is 966. The summed E-state index contributed by atoms with van der Waals surface area (Å²) in [4.78, 5) is 0.163. The van der Waals surface area contributed by atoms with Crippen molar-refractivity contribution < 1.29 is 13.2 Å². The number of ether oxygens (including phenoxy) is 1. The Morgan fingerprint density at radius 1 is 1.17 bits per heavy atom. The number of para-hydroxylation sites is 1. The molecule has 1 heterocycles. The van der Waals surface area contributed by atoms with Gasteiger partial charge < -0.3 is 4.74 Å². The molecular weight excluding hydrogens is 382 g/mol. The molecule has 3 rings (SSSR count). The molecule has 0 aliphatic carbocycles. The standard InChI is InChI=1S/C15H14BrN3O3S/c1-19-14-12(15(16)17-19)4-3-5-13(14)18-23(20,21)11-8-6-10(22-2)7-9-11/h3-9,18H,1-2H3. The number of aromatic nitrogens is 2. The molecule has 0 fully saturated rings. The van der Waals surface area contributed by atoms with Crippen LogP contribution in [-0.4, -0.2) is 25.3 Å². The number of anilines is 1. The third-order valence-electron chi connectivity index (χ3n) is 3.43. The van der Waals surface area contributed by atoms with Crippen molar-refractivity contribution in [2.45, 2.75) is 4.90 Å². The lowest BCUT2D eigenvalue weighted by atomic mass is 10.2. The van der Waals surface area contributed by atoms with Crippen LogP contribution in [0.1, 0.15) is 0 Å². The second-order valence-corrected chi connectivity index (χ2v) is 7.33. The van der Waals surface area contributed by atoms with Crippen molar-refractivity contribution >= 4 is 42.5 Å². The minimum absolute atomic E-state index is 0.163. The molecular formula is C15H14BrN3O3S. The van der Waals surface area contributed by atoms with Gasteiger partial charge in [0.05, 0.1) is 23.2 Å². The van der Waals surface area contributed by atoms with Crippen molar-refractivity contribution in [2.75, 3.05) is 11.8 Å². The highest BCUT2D eigenvalue weighted by atomic mass is 79.9. The number of benzene rings is 2. The molecule has 0 spiro atoms. The summed E-state index contributed by atoms with van der Waals surface area (Å²) in [5.74, 6) is 0.599. The summed E-state index contributed by atoms with van der Waals surface area (Å²) in [6, 6.07) is 11.6. The lowest BCUT2D eigenvalue weighted by molar-refractivity contribution is 0.414. The van der Waals surface area contributed by atoms with Crippen LogP contribution in [-0.2, 0) is 17.1 Å². The molecule has 0 saturated heterocycles. The van der Waals surface area contributed by atoms with Crippen LogP contribution in [0, 0.1) is 0 Å². The molecule has 0 aliphatic rings. The van der Waals surface area contributed by atoms with Gasteiger partial charge in [-0.1, -0.05) is 6.07 Å². The van der Waals surface area contributed by atoms with E-state index in [4.69, 9.17) is 4.74 Å². The molecule has 0 unspecified atom stereocenters. The minimum Gasteiger partial charge on any atom is -0.497 e. The molecule has 0 aliphatic heterocycles. The number of methoxy groups -OCH3 is 1. The molecule has 1 aromatic heterocycles. The molecule has 23 heavy (non-hydrogen) atoms. The van der Waals surface area contributed by atoms with E-state index >= 15 is 0 Å². The van der Waals surface area contributed by atoms with Crippen LogP contribution in [0.25, 0.3) is 10.9 Å². The molecule has 120 valence electrons. The van der Waals surface area contributed by atoms with Crippen molar-refractivity contribution in [1.29, 1.82) is 0 Å². The molecule has 0 saturated carbocycles. The SMILES string of the molecule is COc1ccc(S(=O)(=O)Nc2cccc3c(Br)nn(C)c23)cc1. The van der Waals surface area contributed by atoms with E-state index in [0.717, 1.165) is 5.39 Å². The topological polar surface area (TPSA) is 73.2 Å². The van der Waals surface area contributed by atoms with Gasteiger partial charge in [-0.05, 0) is 52.3 Å². The summed E-state index contributed by atoms with van der Waals surface area (Å²) in [5.41, 5.74) is 1.18. The Kier molecular flexibility index (Phi) is 4.03. The normalized spacial score (nSPS) is 11.6. The van der Waals surface area contributed by atoms with E-state index in [2.05, 4.69) is 25.8 Å². The van der Waals surface area contributed by atoms with Crippen molar-refractivity contribution in [1.82, 2.24) is 9.78 Å². The molecule has 0 bridgehead atoms. The monoisotopic (exact) mass is 395 g/mol. The van der Waals surface area contributed by atoms with Crippen LogP contribution in [0.4, 0.5) is 5.69 Å². The number of sulfonamides is 1. The van der Waals surface area contributed by atoms with Gasteiger partial charge in [0, 0.05) is 12.4 Å². The highest BCUT2D eigenvalue weighted by molar-refractivity contribution is 9.10. The lowest BCUT2D eigenvalue weighted by Gasteiger charge is -2.10. The summed E-state index contributed by atoms with van der Waals surface area (Å²) in [6.45, 7) is 0.